The van der Waals surface area contributed by atoms with Crippen molar-refractivity contribution in [2.75, 3.05) is 31.5 Å². The molecule has 0 aliphatic carbocycles. The lowest BCUT2D eigenvalue weighted by Gasteiger charge is -2.21. The number of ether oxygens (including phenoxy) is 1. The van der Waals surface area contributed by atoms with Crippen LogP contribution in [-0.2, 0) is 14.4 Å². The van der Waals surface area contributed by atoms with E-state index >= 15 is 0 Å². The molecule has 1 heterocycles. The lowest BCUT2D eigenvalue weighted by Crippen LogP contribution is -2.16. The Morgan fingerprint density at radius 2 is 1.79 bits per heavy atom. The van der Waals surface area contributed by atoms with Crippen molar-refractivity contribution in [2.24, 2.45) is 0 Å². The average molecular weight is 488 g/mol. The van der Waals surface area contributed by atoms with Gasteiger partial charge in [-0.2, -0.15) is 0 Å². The number of sulfone groups is 1. The standard InChI is InChI=1S/C24H30N3O4PS/c1-15(2)33(29,30)21-10-8-7-9-19(21)27-23-16(3)14-26-24(25)22(23)18-12-11-17(32(5,6)28)13-20(18)31-4/h7-15H,1-6H3,(H3,25,26,27). The highest BCUT2D eigenvalue weighted by atomic mass is 32.2. The minimum atomic E-state index is -3.53. The van der Waals surface area contributed by atoms with Crippen LogP contribution in [0.1, 0.15) is 19.4 Å². The van der Waals surface area contributed by atoms with Crippen LogP contribution in [0.5, 0.6) is 5.75 Å². The largest absolute Gasteiger partial charge is 0.496 e. The summed E-state index contributed by atoms with van der Waals surface area (Å²) in [6.07, 6.45) is 1.63. The number of anilines is 3. The summed E-state index contributed by atoms with van der Waals surface area (Å²) < 4.78 is 44.1. The van der Waals surface area contributed by atoms with Crippen LogP contribution >= 0.6 is 7.14 Å². The Morgan fingerprint density at radius 3 is 2.39 bits per heavy atom. The zero-order valence-electron chi connectivity index (χ0n) is 19.7. The summed E-state index contributed by atoms with van der Waals surface area (Å²) in [6.45, 7) is 8.57. The molecule has 0 amide bonds. The summed E-state index contributed by atoms with van der Waals surface area (Å²) in [4.78, 5) is 4.52. The molecule has 176 valence electrons. The molecular weight excluding hydrogens is 457 g/mol. The molecule has 0 aliphatic rings. The van der Waals surface area contributed by atoms with Gasteiger partial charge in [-0.25, -0.2) is 13.4 Å². The number of nitrogens with two attached hydrogens (primary N) is 1. The van der Waals surface area contributed by atoms with Gasteiger partial charge < -0.3 is 20.4 Å². The van der Waals surface area contributed by atoms with Gasteiger partial charge in [-0.15, -0.1) is 0 Å². The van der Waals surface area contributed by atoms with E-state index in [0.29, 0.717) is 33.6 Å². The van der Waals surface area contributed by atoms with Crippen LogP contribution in [0.15, 0.2) is 53.6 Å². The molecule has 1 aromatic heterocycles. The third kappa shape index (κ3) is 4.92. The van der Waals surface area contributed by atoms with Crippen LogP contribution in [0.25, 0.3) is 11.1 Å². The summed E-state index contributed by atoms with van der Waals surface area (Å²) >= 11 is 0. The first-order valence-corrected chi connectivity index (χ1v) is 14.6. The van der Waals surface area contributed by atoms with Crippen LogP contribution in [0.3, 0.4) is 0 Å². The molecule has 3 aromatic rings. The van der Waals surface area contributed by atoms with Crippen LogP contribution < -0.4 is 21.1 Å². The Hall–Kier alpha value is -2.83. The topological polar surface area (TPSA) is 111 Å². The second kappa shape index (κ2) is 9.20. The fourth-order valence-electron chi connectivity index (χ4n) is 3.48. The molecule has 9 heteroatoms. The second-order valence-corrected chi connectivity index (χ2v) is 14.2. The van der Waals surface area contributed by atoms with Gasteiger partial charge in [-0.3, -0.25) is 0 Å². The molecule has 0 saturated carbocycles. The maximum atomic E-state index is 13.0. The van der Waals surface area contributed by atoms with Gasteiger partial charge in [-0.1, -0.05) is 18.2 Å². The quantitative estimate of drug-likeness (QED) is 0.460. The number of pyridine rings is 1. The van der Waals surface area contributed by atoms with Crippen molar-refractivity contribution in [3.8, 4) is 16.9 Å². The molecule has 0 aliphatic heterocycles. The van der Waals surface area contributed by atoms with E-state index in [-0.39, 0.29) is 10.7 Å². The predicted molar refractivity (Wildman–Crippen MR) is 137 cm³/mol. The lowest BCUT2D eigenvalue weighted by atomic mass is 10.0. The number of nitrogens with zero attached hydrogens (tertiary/aromatic N) is 1. The molecule has 2 aromatic carbocycles. The number of aryl methyl sites for hydroxylation is 1. The van der Waals surface area contributed by atoms with Crippen molar-refractivity contribution in [2.45, 2.75) is 30.9 Å². The highest BCUT2D eigenvalue weighted by Crippen LogP contribution is 2.44. The molecule has 0 saturated heterocycles. The van der Waals surface area contributed by atoms with Gasteiger partial charge >= 0.3 is 0 Å². The number of nitrogens with one attached hydrogen (secondary N) is 1. The minimum absolute atomic E-state index is 0.209. The second-order valence-electron chi connectivity index (χ2n) is 8.53. The van der Waals surface area contributed by atoms with Gasteiger partial charge in [0, 0.05) is 17.1 Å². The normalized spacial score (nSPS) is 12.1. The summed E-state index contributed by atoms with van der Waals surface area (Å²) in [6, 6.07) is 12.1. The van der Waals surface area contributed by atoms with E-state index in [0.717, 1.165) is 5.56 Å². The van der Waals surface area contributed by atoms with E-state index in [2.05, 4.69) is 10.3 Å². The van der Waals surface area contributed by atoms with Crippen molar-refractivity contribution >= 4 is 39.5 Å². The third-order valence-electron chi connectivity index (χ3n) is 5.45. The zero-order chi connectivity index (χ0) is 24.6. The smallest absolute Gasteiger partial charge is 0.182 e. The first kappa shape index (κ1) is 24.8. The van der Waals surface area contributed by atoms with E-state index < -0.39 is 22.2 Å². The minimum Gasteiger partial charge on any atom is -0.496 e. The number of aromatic nitrogens is 1. The summed E-state index contributed by atoms with van der Waals surface area (Å²) in [7, 11) is -4.49. The van der Waals surface area contributed by atoms with E-state index in [1.54, 1.807) is 69.8 Å². The summed E-state index contributed by atoms with van der Waals surface area (Å²) in [5, 5.41) is 3.41. The van der Waals surface area contributed by atoms with Crippen molar-refractivity contribution < 1.29 is 17.7 Å². The van der Waals surface area contributed by atoms with Crippen molar-refractivity contribution in [1.29, 1.82) is 0 Å². The fraction of sp³-hybridized carbons (Fsp3) is 0.292. The number of rotatable bonds is 7. The Morgan fingerprint density at radius 1 is 1.12 bits per heavy atom. The Labute approximate surface area is 195 Å². The lowest BCUT2D eigenvalue weighted by molar-refractivity contribution is 0.417. The highest BCUT2D eigenvalue weighted by molar-refractivity contribution is 7.92. The third-order valence-corrected chi connectivity index (χ3v) is 9.18. The molecule has 0 bridgehead atoms. The van der Waals surface area contributed by atoms with E-state index in [9.17, 15) is 13.0 Å². The molecule has 0 spiro atoms. The zero-order valence-corrected chi connectivity index (χ0v) is 21.4. The SMILES string of the molecule is COc1cc(P(C)(C)=O)ccc1-c1c(N)ncc(C)c1Nc1ccccc1S(=O)(=O)C(C)C. The molecule has 33 heavy (non-hydrogen) atoms. The number of hydrogen-bond donors (Lipinski definition) is 2. The number of nitrogen functional groups attached to an aromatic ring is 1. The number of hydrogen-bond acceptors (Lipinski definition) is 7. The monoisotopic (exact) mass is 487 g/mol. The van der Waals surface area contributed by atoms with Crippen molar-refractivity contribution in [3.63, 3.8) is 0 Å². The van der Waals surface area contributed by atoms with Gasteiger partial charge in [0.05, 0.1) is 34.2 Å². The molecule has 3 N–H and O–H groups in total. The maximum absolute atomic E-state index is 13.0. The van der Waals surface area contributed by atoms with Gasteiger partial charge in [0.1, 0.15) is 18.7 Å². The van der Waals surface area contributed by atoms with E-state index in [1.165, 1.54) is 7.11 Å². The highest BCUT2D eigenvalue weighted by Gasteiger charge is 2.25. The Balaban J connectivity index is 2.24. The first-order valence-electron chi connectivity index (χ1n) is 10.5. The number of benzene rings is 2. The Bertz CT molecular complexity index is 1350. The fourth-order valence-corrected chi connectivity index (χ4v) is 5.55. The average Bonchev–Trinajstić information content (AvgIpc) is 2.75. The van der Waals surface area contributed by atoms with Gasteiger partial charge in [0.2, 0.25) is 0 Å². The van der Waals surface area contributed by atoms with Crippen LogP contribution in [-0.4, -0.2) is 39.1 Å². The predicted octanol–water partition coefficient (Wildman–Crippen LogP) is 4.82. The van der Waals surface area contributed by atoms with Crippen LogP contribution in [0.4, 0.5) is 17.2 Å². The Kier molecular flexibility index (Phi) is 6.91. The summed E-state index contributed by atoms with van der Waals surface area (Å²) in [5.41, 5.74) is 9.40. The van der Waals surface area contributed by atoms with Crippen molar-refractivity contribution in [3.05, 3.63) is 54.2 Å². The molecule has 0 unspecified atom stereocenters. The van der Waals surface area contributed by atoms with Gasteiger partial charge in [0.15, 0.2) is 9.84 Å². The number of methoxy groups -OCH3 is 1. The molecule has 3 rings (SSSR count). The first-order chi connectivity index (χ1) is 15.4. The molecule has 7 nitrogen and oxygen atoms in total. The van der Waals surface area contributed by atoms with Crippen LogP contribution in [0, 0.1) is 6.92 Å². The molecular formula is C24H30N3O4PS. The van der Waals surface area contributed by atoms with E-state index in [4.69, 9.17) is 10.5 Å². The maximum Gasteiger partial charge on any atom is 0.182 e. The summed E-state index contributed by atoms with van der Waals surface area (Å²) in [5.74, 6) is 0.760. The number of para-hydroxylation sites is 1. The van der Waals surface area contributed by atoms with Gasteiger partial charge in [-0.05, 0) is 63.9 Å². The van der Waals surface area contributed by atoms with E-state index in [1.807, 2.05) is 13.0 Å². The molecule has 0 atom stereocenters. The van der Waals surface area contributed by atoms with Crippen molar-refractivity contribution in [1.82, 2.24) is 4.98 Å². The molecule has 0 fully saturated rings. The van der Waals surface area contributed by atoms with Gasteiger partial charge in [0.25, 0.3) is 0 Å². The van der Waals surface area contributed by atoms with Crippen LogP contribution in [0.2, 0.25) is 0 Å². The molecule has 0 radical (unpaired) electrons.